The minimum atomic E-state index is -5.27. The molecule has 1 aliphatic carbocycles. The molecule has 19 heteroatoms. The van der Waals surface area contributed by atoms with Crippen LogP contribution in [0.25, 0.3) is 10.1 Å². The Balaban J connectivity index is 1.04. The lowest BCUT2D eigenvalue weighted by Crippen LogP contribution is -2.59. The van der Waals surface area contributed by atoms with Crippen molar-refractivity contribution in [3.05, 3.63) is 64.5 Å². The summed E-state index contributed by atoms with van der Waals surface area (Å²) in [5.41, 5.74) is -5.76. The summed E-state index contributed by atoms with van der Waals surface area (Å²) in [4.78, 5) is 74.5. The average molecular weight is 951 g/mol. The van der Waals surface area contributed by atoms with E-state index in [1.807, 2.05) is 0 Å². The quantitative estimate of drug-likeness (QED) is 0.122. The summed E-state index contributed by atoms with van der Waals surface area (Å²) in [6, 6.07) is 4.61. The Morgan fingerprint density at radius 3 is 2.16 bits per heavy atom. The summed E-state index contributed by atoms with van der Waals surface area (Å²) in [6.45, 7) is 10.0. The van der Waals surface area contributed by atoms with Gasteiger partial charge in [-0.15, -0.1) is 11.3 Å². The summed E-state index contributed by atoms with van der Waals surface area (Å²) >= 11 is 2.80. The minimum Gasteiger partial charge on any atom is -0.340 e. The Kier molecular flexibility index (Phi) is 14.0. The SMILES string of the molecule is CC(C)(C)C(=O)SCCOP(=O)(OCCSC(=O)C(C)(C)C)C(F)(F)c1ccc2sc(C(=O)N[C@H]3C[C@@H]4C[C@@H]4C[C@H]4CC[C@@H](C(=O)N5CC(c6cnccc6F)C5)N4C3=O)cc2c1. The van der Waals surface area contributed by atoms with Crippen LogP contribution in [0.15, 0.2) is 42.7 Å². The third-order valence-corrected chi connectivity index (χ3v) is 17.7. The Morgan fingerprint density at radius 1 is 0.905 bits per heavy atom. The fraction of sp³-hybridized carbons (Fsp3) is 0.591. The molecule has 3 aliphatic heterocycles. The van der Waals surface area contributed by atoms with Crippen LogP contribution in [0, 0.1) is 28.5 Å². The van der Waals surface area contributed by atoms with Gasteiger partial charge in [-0.05, 0) is 73.6 Å². The van der Waals surface area contributed by atoms with E-state index in [-0.39, 0.29) is 67.5 Å². The first-order chi connectivity index (χ1) is 29.6. The normalized spacial score (nSPS) is 23.1. The van der Waals surface area contributed by atoms with Gasteiger partial charge in [-0.1, -0.05) is 71.1 Å². The lowest BCUT2D eigenvalue weighted by molar-refractivity contribution is -0.149. The topological polar surface area (TPSA) is 152 Å². The van der Waals surface area contributed by atoms with E-state index in [2.05, 4.69) is 10.3 Å². The third-order valence-electron chi connectivity index (χ3n) is 12.1. The van der Waals surface area contributed by atoms with E-state index in [4.69, 9.17) is 9.05 Å². The lowest BCUT2D eigenvalue weighted by atomic mass is 9.91. The first-order valence-corrected chi connectivity index (χ1v) is 25.6. The number of carbonyl (C=O) groups is 5. The number of likely N-dealkylation sites (tertiary alicyclic amines) is 1. The molecule has 0 bridgehead atoms. The molecular weight excluding hydrogens is 897 g/mol. The number of amides is 3. The first kappa shape index (κ1) is 47.7. The standard InChI is InChI=1S/C44H54F3N4O8PS3/c1-42(2,3)40(55)61-15-13-58-60(57,59-14-16-62-41(56)43(4,5)6)44(46,47)29-7-10-35-27(18-29)21-36(63-35)37(52)49-33-20-26-17-25(26)19-30-8-9-34(51(30)38(33)53)39(54)50-23-28(24-50)31-22-48-12-11-32(31)45/h7,10-12,18,21-22,25-26,28,30,33-34H,8-9,13-17,19-20,23-24H2,1-6H3,(H,49,52)/t25-,26+,30-,33+,34+/m1/s1. The zero-order chi connectivity index (χ0) is 45.6. The zero-order valence-corrected chi connectivity index (χ0v) is 39.5. The Hall–Kier alpha value is -3.28. The van der Waals surface area contributed by atoms with Gasteiger partial charge in [-0.25, -0.2) is 4.39 Å². The number of halogens is 3. The molecule has 4 fully saturated rings. The second kappa shape index (κ2) is 18.5. The largest absolute Gasteiger partial charge is 0.404 e. The molecule has 5 heterocycles. The van der Waals surface area contributed by atoms with Gasteiger partial charge >= 0.3 is 13.3 Å². The predicted octanol–water partition coefficient (Wildman–Crippen LogP) is 8.84. The molecule has 3 saturated heterocycles. The molecule has 12 nitrogen and oxygen atoms in total. The Labute approximate surface area is 378 Å². The highest BCUT2D eigenvalue weighted by Crippen LogP contribution is 2.67. The number of nitrogens with zero attached hydrogens (tertiary/aromatic N) is 3. The van der Waals surface area contributed by atoms with Gasteiger partial charge in [-0.2, -0.15) is 8.78 Å². The summed E-state index contributed by atoms with van der Waals surface area (Å²) in [6.07, 6.45) is 6.14. The number of carbonyl (C=O) groups excluding carboxylic acids is 5. The highest BCUT2D eigenvalue weighted by molar-refractivity contribution is 8.14. The van der Waals surface area contributed by atoms with Crippen LogP contribution >= 0.6 is 42.5 Å². The van der Waals surface area contributed by atoms with Crippen LogP contribution in [0.1, 0.15) is 100 Å². The second-order valence-corrected chi connectivity index (χ2v) is 24.2. The van der Waals surface area contributed by atoms with E-state index in [1.54, 1.807) is 51.3 Å². The smallest absolute Gasteiger partial charge is 0.340 e. The molecule has 0 spiro atoms. The number of rotatable bonds is 14. The van der Waals surface area contributed by atoms with E-state index in [1.165, 1.54) is 30.6 Å². The number of thioether (sulfide) groups is 2. The molecule has 4 aliphatic rings. The summed E-state index contributed by atoms with van der Waals surface area (Å²) < 4.78 is 72.6. The van der Waals surface area contributed by atoms with Gasteiger partial charge in [0.05, 0.1) is 18.1 Å². The van der Waals surface area contributed by atoms with Crippen molar-refractivity contribution in [1.29, 1.82) is 0 Å². The number of nitrogens with one attached hydrogen (secondary N) is 1. The van der Waals surface area contributed by atoms with Crippen molar-refractivity contribution in [2.24, 2.45) is 22.7 Å². The average Bonchev–Trinajstić information content (AvgIpc) is 3.55. The number of pyridine rings is 1. The van der Waals surface area contributed by atoms with E-state index in [0.29, 0.717) is 48.5 Å². The van der Waals surface area contributed by atoms with Crippen molar-refractivity contribution in [2.45, 2.75) is 103 Å². The molecule has 63 heavy (non-hydrogen) atoms. The predicted molar refractivity (Wildman–Crippen MR) is 238 cm³/mol. The summed E-state index contributed by atoms with van der Waals surface area (Å²) in [7, 11) is -5.27. The van der Waals surface area contributed by atoms with Crippen LogP contribution in [0.2, 0.25) is 0 Å². The monoisotopic (exact) mass is 950 g/mol. The first-order valence-electron chi connectivity index (χ1n) is 21.2. The van der Waals surface area contributed by atoms with Gasteiger partial charge in [0.15, 0.2) is 10.2 Å². The fourth-order valence-corrected chi connectivity index (χ4v) is 12.6. The van der Waals surface area contributed by atoms with Crippen LogP contribution in [0.4, 0.5) is 13.2 Å². The lowest BCUT2D eigenvalue weighted by Gasteiger charge is -2.43. The molecule has 0 unspecified atom stereocenters. The number of benzene rings is 1. The van der Waals surface area contributed by atoms with Crippen LogP contribution in [-0.2, 0) is 38.5 Å². The molecule has 2 aromatic heterocycles. The maximum Gasteiger partial charge on any atom is 0.404 e. The van der Waals surface area contributed by atoms with Crippen LogP contribution < -0.4 is 5.32 Å². The van der Waals surface area contributed by atoms with Crippen molar-refractivity contribution in [3.8, 4) is 0 Å². The number of fused-ring (bicyclic) bond motifs is 3. The van der Waals surface area contributed by atoms with Crippen molar-refractivity contribution in [3.63, 3.8) is 0 Å². The van der Waals surface area contributed by atoms with E-state index in [0.717, 1.165) is 59.8 Å². The van der Waals surface area contributed by atoms with E-state index in [9.17, 15) is 32.9 Å². The molecule has 1 saturated carbocycles. The molecular formula is C44H54F3N4O8PS3. The molecule has 1 N–H and O–H groups in total. The van der Waals surface area contributed by atoms with Gasteiger partial charge in [0.25, 0.3) is 5.91 Å². The highest BCUT2D eigenvalue weighted by Gasteiger charge is 2.56. The number of hydrogen-bond donors (Lipinski definition) is 1. The van der Waals surface area contributed by atoms with Crippen molar-refractivity contribution in [2.75, 3.05) is 37.8 Å². The third kappa shape index (κ3) is 10.4. The number of aromatic nitrogens is 1. The van der Waals surface area contributed by atoms with Gasteiger partial charge < -0.3 is 24.2 Å². The molecule has 3 aromatic rings. The second-order valence-electron chi connectivity index (χ2n) is 18.9. The molecule has 342 valence electrons. The number of hydrogen-bond acceptors (Lipinski definition) is 12. The van der Waals surface area contributed by atoms with Crippen LogP contribution in [0.5, 0.6) is 0 Å². The van der Waals surface area contributed by atoms with Crippen LogP contribution in [0.3, 0.4) is 0 Å². The minimum absolute atomic E-state index is 0.0485. The number of thiophene rings is 1. The van der Waals surface area contributed by atoms with Gasteiger partial charge in [0, 0.05) is 75.6 Å². The Bertz CT molecular complexity index is 2270. The van der Waals surface area contributed by atoms with Gasteiger partial charge in [-0.3, -0.25) is 33.5 Å². The molecule has 7 rings (SSSR count). The van der Waals surface area contributed by atoms with Crippen molar-refractivity contribution in [1.82, 2.24) is 20.1 Å². The van der Waals surface area contributed by atoms with E-state index >= 15 is 8.78 Å². The van der Waals surface area contributed by atoms with Gasteiger partial charge in [0.1, 0.15) is 17.9 Å². The maximum atomic E-state index is 16.5. The zero-order valence-electron chi connectivity index (χ0n) is 36.2. The van der Waals surface area contributed by atoms with Crippen molar-refractivity contribution < 1.29 is 50.8 Å². The summed E-state index contributed by atoms with van der Waals surface area (Å²) in [5, 5.41) is 2.80. The van der Waals surface area contributed by atoms with Crippen molar-refractivity contribution >= 4 is 80.5 Å². The fourth-order valence-electron chi connectivity index (χ4n) is 8.33. The molecule has 1 aromatic carbocycles. The molecule has 0 radical (unpaired) electrons. The van der Waals surface area contributed by atoms with Crippen LogP contribution in [-0.4, -0.2) is 98.7 Å². The Morgan fingerprint density at radius 2 is 1.54 bits per heavy atom. The highest BCUT2D eigenvalue weighted by atomic mass is 32.2. The maximum absolute atomic E-state index is 16.5. The molecule has 5 atom stereocenters. The number of alkyl halides is 2. The van der Waals surface area contributed by atoms with E-state index < -0.39 is 60.9 Å². The molecule has 3 amide bonds. The van der Waals surface area contributed by atoms with Gasteiger partial charge in [0.2, 0.25) is 11.8 Å². The summed E-state index contributed by atoms with van der Waals surface area (Å²) in [5.74, 6) is -1.10.